The number of nitrogens with one attached hydrogen (secondary N) is 1. The Morgan fingerprint density at radius 3 is 2.41 bits per heavy atom. The van der Waals surface area contributed by atoms with Gasteiger partial charge in [0.05, 0.1) is 5.69 Å². The molecule has 2 aliphatic rings. The molecule has 1 N–H and O–H groups in total. The molecular formula is C31H29F2N5O. The van der Waals surface area contributed by atoms with E-state index in [4.69, 9.17) is 6.42 Å². The molecule has 0 aliphatic carbocycles. The molecule has 2 fully saturated rings. The van der Waals surface area contributed by atoms with Crippen molar-refractivity contribution in [3.05, 3.63) is 72.1 Å². The number of aromatic amines is 1. The van der Waals surface area contributed by atoms with E-state index in [9.17, 15) is 13.6 Å². The Labute approximate surface area is 226 Å². The van der Waals surface area contributed by atoms with Gasteiger partial charge in [0.1, 0.15) is 23.6 Å². The number of halogens is 2. The van der Waals surface area contributed by atoms with Crippen LogP contribution in [0.4, 0.5) is 8.78 Å². The van der Waals surface area contributed by atoms with Gasteiger partial charge in [-0.25, -0.2) is 18.7 Å². The number of likely N-dealkylation sites (tertiary alicyclic amines) is 2. The molecule has 2 aliphatic heterocycles. The smallest absolute Gasteiger partial charge is 0.298 e. The molecule has 0 radical (unpaired) electrons. The minimum atomic E-state index is -0.645. The molecule has 198 valence electrons. The summed E-state index contributed by atoms with van der Waals surface area (Å²) in [5.74, 6) is 0.785. The number of amides is 1. The Kier molecular flexibility index (Phi) is 6.61. The summed E-state index contributed by atoms with van der Waals surface area (Å²) in [5.41, 5.74) is 4.82. The number of piperidine rings is 1. The molecule has 6 rings (SSSR count). The summed E-state index contributed by atoms with van der Waals surface area (Å²) in [7, 11) is 0. The third kappa shape index (κ3) is 5.15. The minimum Gasteiger partial charge on any atom is -0.339 e. The second-order valence-electron chi connectivity index (χ2n) is 10.7. The molecule has 2 saturated heterocycles. The fraction of sp³-hybridized carbons (Fsp3) is 0.323. The summed E-state index contributed by atoms with van der Waals surface area (Å²) in [6.07, 6.45) is 10.9. The molecule has 0 bridgehead atoms. The Hall–Kier alpha value is -4.09. The zero-order valence-corrected chi connectivity index (χ0v) is 21.6. The molecule has 6 nitrogen and oxygen atoms in total. The molecule has 0 unspecified atom stereocenters. The number of rotatable bonds is 5. The van der Waals surface area contributed by atoms with Crippen LogP contribution >= 0.6 is 0 Å². The summed E-state index contributed by atoms with van der Waals surface area (Å²) in [6, 6.07) is 13.8. The van der Waals surface area contributed by atoms with Crippen molar-refractivity contribution in [2.24, 2.45) is 5.41 Å². The van der Waals surface area contributed by atoms with E-state index in [-0.39, 0.29) is 11.3 Å². The summed E-state index contributed by atoms with van der Waals surface area (Å²) < 4.78 is 27.6. The third-order valence-corrected chi connectivity index (χ3v) is 8.31. The van der Waals surface area contributed by atoms with E-state index in [1.54, 1.807) is 0 Å². The molecule has 2 aromatic carbocycles. The number of nitrogens with zero attached hydrogens (tertiary/aromatic N) is 4. The van der Waals surface area contributed by atoms with Crippen LogP contribution in [0.5, 0.6) is 0 Å². The van der Waals surface area contributed by atoms with Crippen LogP contribution in [0.25, 0.3) is 33.5 Å². The lowest BCUT2D eigenvalue weighted by atomic mass is 9.77. The summed E-state index contributed by atoms with van der Waals surface area (Å²) >= 11 is 0. The van der Waals surface area contributed by atoms with Gasteiger partial charge in [0.2, 0.25) is 0 Å². The summed E-state index contributed by atoms with van der Waals surface area (Å²) in [4.78, 5) is 28.1. The van der Waals surface area contributed by atoms with E-state index in [1.165, 1.54) is 24.0 Å². The number of H-pyrrole nitrogens is 1. The Morgan fingerprint density at radius 1 is 0.974 bits per heavy atom. The molecule has 0 saturated carbocycles. The Bertz CT molecular complexity index is 1540. The van der Waals surface area contributed by atoms with Crippen LogP contribution in [0.2, 0.25) is 0 Å². The number of carbonyl (C=O) groups is 1. The highest BCUT2D eigenvalue weighted by Crippen LogP contribution is 2.40. The fourth-order valence-corrected chi connectivity index (χ4v) is 6.01. The minimum absolute atomic E-state index is 0.180. The first-order chi connectivity index (χ1) is 18.9. The highest BCUT2D eigenvalue weighted by atomic mass is 19.1. The standard InChI is InChI=1S/C31H29F2N5O/c1-2-28(39)38-14-10-31(19-38)8-12-37(13-9-31)11-7-21-3-5-22(6-4-21)27-18-26-29(34-20-35-30(26)36-27)23-15-24(32)17-25(33)16-23/h1,3-6,15-18,20H,7-14,19H2,(H,34,35,36). The van der Waals surface area contributed by atoms with Crippen LogP contribution in [0.3, 0.4) is 0 Å². The Balaban J connectivity index is 1.09. The van der Waals surface area contributed by atoms with Gasteiger partial charge in [-0.05, 0) is 79.4 Å². The van der Waals surface area contributed by atoms with Gasteiger partial charge in [-0.15, -0.1) is 6.42 Å². The largest absolute Gasteiger partial charge is 0.339 e. The van der Waals surface area contributed by atoms with E-state index < -0.39 is 11.6 Å². The van der Waals surface area contributed by atoms with Gasteiger partial charge in [0.25, 0.3) is 5.91 Å². The van der Waals surface area contributed by atoms with Crippen LogP contribution in [0.15, 0.2) is 54.9 Å². The molecule has 4 heterocycles. The van der Waals surface area contributed by atoms with Crippen LogP contribution in [0, 0.1) is 29.4 Å². The van der Waals surface area contributed by atoms with Crippen molar-refractivity contribution in [1.29, 1.82) is 0 Å². The van der Waals surface area contributed by atoms with Gasteiger partial charge in [-0.2, -0.15) is 0 Å². The van der Waals surface area contributed by atoms with E-state index >= 15 is 0 Å². The van der Waals surface area contributed by atoms with Crippen molar-refractivity contribution in [3.8, 4) is 34.9 Å². The number of aromatic nitrogens is 3. The zero-order chi connectivity index (χ0) is 27.0. The maximum atomic E-state index is 13.8. The number of carbonyl (C=O) groups excluding carboxylic acids is 1. The first-order valence-corrected chi connectivity index (χ1v) is 13.3. The van der Waals surface area contributed by atoms with Gasteiger partial charge in [-0.3, -0.25) is 4.79 Å². The maximum Gasteiger partial charge on any atom is 0.298 e. The monoisotopic (exact) mass is 525 g/mol. The highest BCUT2D eigenvalue weighted by molar-refractivity contribution is 5.94. The lowest BCUT2D eigenvalue weighted by molar-refractivity contribution is -0.124. The lowest BCUT2D eigenvalue weighted by Gasteiger charge is -2.39. The van der Waals surface area contributed by atoms with Crippen molar-refractivity contribution in [3.63, 3.8) is 0 Å². The molecule has 39 heavy (non-hydrogen) atoms. The fourth-order valence-electron chi connectivity index (χ4n) is 6.01. The number of hydrogen-bond donors (Lipinski definition) is 1. The van der Waals surface area contributed by atoms with E-state index in [2.05, 4.69) is 50.0 Å². The molecule has 4 aromatic rings. The van der Waals surface area contributed by atoms with Crippen LogP contribution in [-0.4, -0.2) is 63.4 Å². The third-order valence-electron chi connectivity index (χ3n) is 8.31. The first-order valence-electron chi connectivity index (χ1n) is 13.3. The van der Waals surface area contributed by atoms with E-state index in [0.717, 1.165) is 75.7 Å². The van der Waals surface area contributed by atoms with Crippen LogP contribution in [-0.2, 0) is 11.2 Å². The highest BCUT2D eigenvalue weighted by Gasteiger charge is 2.41. The van der Waals surface area contributed by atoms with Crippen molar-refractivity contribution in [2.45, 2.75) is 25.7 Å². The van der Waals surface area contributed by atoms with Gasteiger partial charge in [-0.1, -0.05) is 24.3 Å². The number of hydrogen-bond acceptors (Lipinski definition) is 4. The lowest BCUT2D eigenvalue weighted by Crippen LogP contribution is -2.42. The van der Waals surface area contributed by atoms with Crippen molar-refractivity contribution >= 4 is 16.9 Å². The zero-order valence-electron chi connectivity index (χ0n) is 21.6. The predicted molar refractivity (Wildman–Crippen MR) is 147 cm³/mol. The number of fused-ring (bicyclic) bond motifs is 1. The maximum absolute atomic E-state index is 13.8. The van der Waals surface area contributed by atoms with Crippen molar-refractivity contribution < 1.29 is 13.6 Å². The van der Waals surface area contributed by atoms with E-state index in [0.29, 0.717) is 22.3 Å². The first kappa shape index (κ1) is 25.2. The van der Waals surface area contributed by atoms with Crippen molar-refractivity contribution in [2.75, 3.05) is 32.7 Å². The molecule has 1 amide bonds. The van der Waals surface area contributed by atoms with Crippen molar-refractivity contribution in [1.82, 2.24) is 24.8 Å². The molecular weight excluding hydrogens is 496 g/mol. The van der Waals surface area contributed by atoms with Gasteiger partial charge < -0.3 is 14.8 Å². The number of benzene rings is 2. The second-order valence-corrected chi connectivity index (χ2v) is 10.7. The molecule has 0 atom stereocenters. The van der Waals surface area contributed by atoms with Crippen LogP contribution < -0.4 is 0 Å². The molecule has 8 heteroatoms. The average molecular weight is 526 g/mol. The Morgan fingerprint density at radius 2 is 1.69 bits per heavy atom. The van der Waals surface area contributed by atoms with Gasteiger partial charge in [0.15, 0.2) is 0 Å². The van der Waals surface area contributed by atoms with Crippen LogP contribution in [0.1, 0.15) is 24.8 Å². The second kappa shape index (κ2) is 10.2. The molecule has 2 aromatic heterocycles. The topological polar surface area (TPSA) is 65.1 Å². The van der Waals surface area contributed by atoms with E-state index in [1.807, 2.05) is 11.0 Å². The quantitative estimate of drug-likeness (QED) is 0.370. The van der Waals surface area contributed by atoms with Gasteiger partial charge in [0, 0.05) is 42.3 Å². The summed E-state index contributed by atoms with van der Waals surface area (Å²) in [6.45, 7) is 4.67. The SMILES string of the molecule is C#CC(=O)N1CCC2(CCN(CCc3ccc(-c4cc5c(-c6cc(F)cc(F)c6)ncnc5[nH]4)cc3)CC2)C1. The van der Waals surface area contributed by atoms with Gasteiger partial charge >= 0.3 is 0 Å². The predicted octanol–water partition coefficient (Wildman–Crippen LogP) is 5.06. The summed E-state index contributed by atoms with van der Waals surface area (Å²) in [5, 5.41) is 0.707. The average Bonchev–Trinajstić information content (AvgIpc) is 3.57. The normalized spacial score (nSPS) is 17.1. The molecule has 1 spiro atoms. The number of terminal acetylenes is 1.